The number of aryl methyl sites for hydroxylation is 1. The highest BCUT2D eigenvalue weighted by Crippen LogP contribution is 2.29. The number of hydrogen-bond donors (Lipinski definition) is 1. The highest BCUT2D eigenvalue weighted by Gasteiger charge is 2.31. The number of aromatic nitrogens is 3. The summed E-state index contributed by atoms with van der Waals surface area (Å²) in [6, 6.07) is 15.4. The summed E-state index contributed by atoms with van der Waals surface area (Å²) in [5.41, 5.74) is 8.54. The van der Waals surface area contributed by atoms with Crippen LogP contribution in [0.3, 0.4) is 0 Å². The van der Waals surface area contributed by atoms with E-state index in [0.29, 0.717) is 56.2 Å². The van der Waals surface area contributed by atoms with Crippen LogP contribution in [-0.4, -0.2) is 89.3 Å². The molecule has 2 heterocycles. The number of esters is 1. The number of anilines is 1. The molecule has 2 N–H and O–H groups in total. The van der Waals surface area contributed by atoms with Crippen LogP contribution in [0.5, 0.6) is 5.75 Å². The molecule has 2 aromatic carbocycles. The fourth-order valence-electron chi connectivity index (χ4n) is 5.18. The molecule has 44 heavy (non-hydrogen) atoms. The van der Waals surface area contributed by atoms with Crippen molar-refractivity contribution in [3.63, 3.8) is 0 Å². The standard InChI is InChI=1S/C33H44N6O5/c1-7-43-32(41)33(2,3)44-24-13-10-12-23(20-24)21-38(28(40)22-37(4)5)17-11-18-39-27(16-19-42-6)36-29-30(39)25-14-8-9-15-26(25)35-31(29)34/h8-10,12-15,20H,7,11,16-19,21-22H2,1-6H3,(H2,34,35). The minimum atomic E-state index is -1.15. The maximum atomic E-state index is 13.4. The number of benzene rings is 2. The van der Waals surface area contributed by atoms with Gasteiger partial charge in [0.05, 0.1) is 30.8 Å². The normalized spacial score (nSPS) is 11.8. The van der Waals surface area contributed by atoms with E-state index in [-0.39, 0.29) is 19.1 Å². The maximum absolute atomic E-state index is 13.4. The van der Waals surface area contributed by atoms with Gasteiger partial charge in [0.1, 0.15) is 17.1 Å². The fourth-order valence-corrected chi connectivity index (χ4v) is 5.18. The van der Waals surface area contributed by atoms with E-state index in [4.69, 9.17) is 24.9 Å². The Morgan fingerprint density at radius 3 is 2.57 bits per heavy atom. The average Bonchev–Trinajstić information content (AvgIpc) is 3.34. The predicted octanol–water partition coefficient (Wildman–Crippen LogP) is 4.06. The fraction of sp³-hybridized carbons (Fsp3) is 0.455. The van der Waals surface area contributed by atoms with Gasteiger partial charge in [-0.05, 0) is 65.0 Å². The summed E-state index contributed by atoms with van der Waals surface area (Å²) in [5.74, 6) is 1.38. The second-order valence-electron chi connectivity index (χ2n) is 11.5. The zero-order valence-electron chi connectivity index (χ0n) is 26.6. The molecule has 0 unspecified atom stereocenters. The van der Waals surface area contributed by atoms with Crippen molar-refractivity contribution in [2.75, 3.05) is 53.2 Å². The first-order valence-electron chi connectivity index (χ1n) is 14.9. The summed E-state index contributed by atoms with van der Waals surface area (Å²) in [6.45, 7) is 7.75. The molecule has 0 bridgehead atoms. The average molecular weight is 605 g/mol. The van der Waals surface area contributed by atoms with E-state index in [1.54, 1.807) is 33.9 Å². The molecular formula is C33H44N6O5. The molecule has 4 aromatic rings. The van der Waals surface area contributed by atoms with Crippen LogP contribution >= 0.6 is 0 Å². The van der Waals surface area contributed by atoms with Crippen molar-refractivity contribution in [1.82, 2.24) is 24.3 Å². The molecule has 0 fully saturated rings. The lowest BCUT2D eigenvalue weighted by molar-refractivity contribution is -0.158. The van der Waals surface area contributed by atoms with Crippen LogP contribution in [-0.2, 0) is 38.6 Å². The van der Waals surface area contributed by atoms with Crippen molar-refractivity contribution in [3.05, 3.63) is 59.9 Å². The Morgan fingerprint density at radius 1 is 1.07 bits per heavy atom. The largest absolute Gasteiger partial charge is 0.476 e. The molecule has 0 saturated carbocycles. The summed E-state index contributed by atoms with van der Waals surface area (Å²) in [7, 11) is 5.43. The van der Waals surface area contributed by atoms with Gasteiger partial charge in [-0.1, -0.05) is 30.3 Å². The Bertz CT molecular complexity index is 1600. The van der Waals surface area contributed by atoms with Gasteiger partial charge >= 0.3 is 5.97 Å². The van der Waals surface area contributed by atoms with Crippen molar-refractivity contribution < 1.29 is 23.8 Å². The topological polar surface area (TPSA) is 125 Å². The van der Waals surface area contributed by atoms with E-state index in [0.717, 1.165) is 27.8 Å². The molecule has 4 rings (SSSR count). The number of likely N-dealkylation sites (N-methyl/N-ethyl adjacent to an activating group) is 1. The van der Waals surface area contributed by atoms with Gasteiger partial charge in [-0.25, -0.2) is 14.8 Å². The number of pyridine rings is 1. The number of methoxy groups -OCH3 is 1. The number of nitrogen functional groups attached to an aromatic ring is 1. The molecule has 11 nitrogen and oxygen atoms in total. The monoisotopic (exact) mass is 604 g/mol. The molecule has 0 radical (unpaired) electrons. The SMILES string of the molecule is CCOC(=O)C(C)(C)Oc1cccc(CN(CCCn2c(CCOC)nc3c(N)nc4ccccc4c32)C(=O)CN(C)C)c1. The van der Waals surface area contributed by atoms with Gasteiger partial charge in [-0.2, -0.15) is 0 Å². The van der Waals surface area contributed by atoms with Crippen molar-refractivity contribution in [3.8, 4) is 5.75 Å². The molecule has 236 valence electrons. The highest BCUT2D eigenvalue weighted by molar-refractivity contribution is 6.06. The van der Waals surface area contributed by atoms with Gasteiger partial charge in [0.15, 0.2) is 11.4 Å². The Balaban J connectivity index is 1.57. The summed E-state index contributed by atoms with van der Waals surface area (Å²) >= 11 is 0. The van der Waals surface area contributed by atoms with E-state index in [1.165, 1.54) is 0 Å². The number of ether oxygens (including phenoxy) is 3. The number of fused-ring (bicyclic) bond motifs is 3. The third kappa shape index (κ3) is 7.83. The summed E-state index contributed by atoms with van der Waals surface area (Å²) in [6.07, 6.45) is 1.31. The molecule has 0 aliphatic heterocycles. The van der Waals surface area contributed by atoms with Crippen molar-refractivity contribution in [2.45, 2.75) is 52.3 Å². The van der Waals surface area contributed by atoms with E-state index in [2.05, 4.69) is 9.55 Å². The molecule has 1 amide bonds. The maximum Gasteiger partial charge on any atom is 0.349 e. The van der Waals surface area contributed by atoms with E-state index in [1.807, 2.05) is 66.4 Å². The number of carbonyl (C=O) groups excluding carboxylic acids is 2. The number of amides is 1. The van der Waals surface area contributed by atoms with Crippen molar-refractivity contribution in [1.29, 1.82) is 0 Å². The van der Waals surface area contributed by atoms with Crippen LogP contribution in [0.4, 0.5) is 5.82 Å². The molecular weight excluding hydrogens is 560 g/mol. The minimum Gasteiger partial charge on any atom is -0.476 e. The van der Waals surface area contributed by atoms with Gasteiger partial charge < -0.3 is 34.3 Å². The molecule has 0 aliphatic carbocycles. The third-order valence-electron chi connectivity index (χ3n) is 7.24. The number of hydrogen-bond acceptors (Lipinski definition) is 9. The lowest BCUT2D eigenvalue weighted by Crippen LogP contribution is -2.40. The molecule has 0 saturated heterocycles. The molecule has 2 aromatic heterocycles. The summed E-state index contributed by atoms with van der Waals surface area (Å²) < 4.78 is 18.7. The Morgan fingerprint density at radius 2 is 1.84 bits per heavy atom. The second kappa shape index (κ2) is 14.5. The Labute approximate surface area is 258 Å². The van der Waals surface area contributed by atoms with Gasteiger partial charge in [0, 0.05) is 38.6 Å². The zero-order valence-corrected chi connectivity index (χ0v) is 26.6. The number of nitrogens with two attached hydrogens (primary N) is 1. The molecule has 0 spiro atoms. The smallest absolute Gasteiger partial charge is 0.349 e. The number of para-hydroxylation sites is 1. The highest BCUT2D eigenvalue weighted by atomic mass is 16.6. The Kier molecular flexibility index (Phi) is 10.8. The van der Waals surface area contributed by atoms with Crippen LogP contribution in [0, 0.1) is 0 Å². The zero-order chi connectivity index (χ0) is 31.9. The van der Waals surface area contributed by atoms with Gasteiger partial charge in [0.2, 0.25) is 5.91 Å². The van der Waals surface area contributed by atoms with Crippen molar-refractivity contribution in [2.24, 2.45) is 0 Å². The first-order chi connectivity index (χ1) is 21.0. The van der Waals surface area contributed by atoms with Crippen LogP contribution in [0.25, 0.3) is 21.9 Å². The first-order valence-corrected chi connectivity index (χ1v) is 14.9. The van der Waals surface area contributed by atoms with Crippen LogP contribution in [0.1, 0.15) is 38.6 Å². The quantitative estimate of drug-likeness (QED) is 0.200. The molecule has 11 heteroatoms. The van der Waals surface area contributed by atoms with Gasteiger partial charge in [-0.3, -0.25) is 4.79 Å². The molecule has 0 aliphatic rings. The number of imidazole rings is 1. The van der Waals surface area contributed by atoms with E-state index >= 15 is 0 Å². The van der Waals surface area contributed by atoms with Crippen LogP contribution in [0.15, 0.2) is 48.5 Å². The lowest BCUT2D eigenvalue weighted by Gasteiger charge is -2.26. The van der Waals surface area contributed by atoms with Crippen molar-refractivity contribution >= 4 is 39.6 Å². The molecule has 0 atom stereocenters. The lowest BCUT2D eigenvalue weighted by atomic mass is 10.1. The summed E-state index contributed by atoms with van der Waals surface area (Å²) in [4.78, 5) is 38.9. The minimum absolute atomic E-state index is 0.0159. The van der Waals surface area contributed by atoms with E-state index < -0.39 is 11.6 Å². The Hall–Kier alpha value is -4.22. The number of rotatable bonds is 15. The van der Waals surface area contributed by atoms with Crippen LogP contribution in [0.2, 0.25) is 0 Å². The van der Waals surface area contributed by atoms with Crippen LogP contribution < -0.4 is 10.5 Å². The van der Waals surface area contributed by atoms with E-state index in [9.17, 15) is 9.59 Å². The summed E-state index contributed by atoms with van der Waals surface area (Å²) in [5, 5.41) is 0.982. The van der Waals surface area contributed by atoms with Gasteiger partial charge in [-0.15, -0.1) is 0 Å². The first kappa shape index (κ1) is 32.7. The van der Waals surface area contributed by atoms with Gasteiger partial charge in [0.25, 0.3) is 0 Å². The predicted molar refractivity (Wildman–Crippen MR) is 171 cm³/mol. The number of nitrogens with zero attached hydrogens (tertiary/aromatic N) is 5. The second-order valence-corrected chi connectivity index (χ2v) is 11.5. The number of carbonyl (C=O) groups is 2. The third-order valence-corrected chi connectivity index (χ3v) is 7.24.